The summed E-state index contributed by atoms with van der Waals surface area (Å²) in [5.74, 6) is 0.734. The maximum atomic E-state index is 12.5. The molecule has 1 amide bonds. The number of carbonyl (C=O) groups excluding carboxylic acids is 1. The number of nitrogens with zero attached hydrogens (tertiary/aromatic N) is 1. The molecule has 2 aromatic rings. The highest BCUT2D eigenvalue weighted by Gasteiger charge is 2.28. The van der Waals surface area contributed by atoms with E-state index in [1.807, 2.05) is 36.4 Å². The first-order chi connectivity index (χ1) is 12.3. The van der Waals surface area contributed by atoms with Crippen molar-refractivity contribution in [3.05, 3.63) is 54.1 Å². The van der Waals surface area contributed by atoms with E-state index in [-0.39, 0.29) is 5.91 Å². The molecule has 2 heterocycles. The van der Waals surface area contributed by atoms with Gasteiger partial charge in [0.2, 0.25) is 0 Å². The number of hydrogen-bond acceptors (Lipinski definition) is 3. The first kappa shape index (κ1) is 16.0. The molecule has 0 radical (unpaired) electrons. The van der Waals surface area contributed by atoms with Crippen molar-refractivity contribution in [3.8, 4) is 5.75 Å². The predicted octanol–water partition coefficient (Wildman–Crippen LogP) is 4.01. The van der Waals surface area contributed by atoms with Crippen molar-refractivity contribution in [1.82, 2.24) is 0 Å². The molecule has 25 heavy (non-hydrogen) atoms. The van der Waals surface area contributed by atoms with Crippen molar-refractivity contribution < 1.29 is 9.53 Å². The van der Waals surface area contributed by atoms with Crippen LogP contribution in [-0.4, -0.2) is 25.1 Å². The van der Waals surface area contributed by atoms with Gasteiger partial charge in [-0.25, -0.2) is 0 Å². The average Bonchev–Trinajstić information content (AvgIpc) is 2.89. The Balaban J connectivity index is 1.37. The molecule has 4 nitrogen and oxygen atoms in total. The molecule has 0 saturated carbocycles. The Labute approximate surface area is 148 Å². The highest BCUT2D eigenvalue weighted by molar-refractivity contribution is 5.95. The van der Waals surface area contributed by atoms with Crippen molar-refractivity contribution in [1.29, 1.82) is 0 Å². The zero-order chi connectivity index (χ0) is 17.1. The SMILES string of the molecule is O=C(Nc1ccc(N2CCCCCC2)cc1)[C@H]1Cc2ccccc2O1. The van der Waals surface area contributed by atoms with Crippen LogP contribution in [0.3, 0.4) is 0 Å². The van der Waals surface area contributed by atoms with Gasteiger partial charge in [0, 0.05) is 30.9 Å². The fraction of sp³-hybridized carbons (Fsp3) is 0.381. The quantitative estimate of drug-likeness (QED) is 0.921. The molecule has 0 spiro atoms. The largest absolute Gasteiger partial charge is 0.480 e. The average molecular weight is 336 g/mol. The van der Waals surface area contributed by atoms with Crippen LogP contribution in [0.4, 0.5) is 11.4 Å². The van der Waals surface area contributed by atoms with Gasteiger partial charge in [-0.15, -0.1) is 0 Å². The van der Waals surface area contributed by atoms with E-state index in [1.165, 1.54) is 31.4 Å². The van der Waals surface area contributed by atoms with Crippen molar-refractivity contribution >= 4 is 17.3 Å². The second kappa shape index (κ2) is 7.18. The van der Waals surface area contributed by atoms with Crippen molar-refractivity contribution in [2.75, 3.05) is 23.3 Å². The van der Waals surface area contributed by atoms with E-state index in [9.17, 15) is 4.79 Å². The second-order valence-corrected chi connectivity index (χ2v) is 6.86. The van der Waals surface area contributed by atoms with Crippen molar-refractivity contribution in [3.63, 3.8) is 0 Å². The third-order valence-corrected chi connectivity index (χ3v) is 5.05. The second-order valence-electron chi connectivity index (χ2n) is 6.86. The monoisotopic (exact) mass is 336 g/mol. The van der Waals surface area contributed by atoms with Crippen LogP contribution in [0, 0.1) is 0 Å². The lowest BCUT2D eigenvalue weighted by atomic mass is 10.1. The Hall–Kier alpha value is -2.49. The summed E-state index contributed by atoms with van der Waals surface area (Å²) in [5.41, 5.74) is 3.16. The highest BCUT2D eigenvalue weighted by Crippen LogP contribution is 2.29. The Morgan fingerprint density at radius 2 is 1.68 bits per heavy atom. The molecule has 0 aliphatic carbocycles. The van der Waals surface area contributed by atoms with E-state index in [2.05, 4.69) is 22.3 Å². The molecular weight excluding hydrogens is 312 g/mol. The maximum absolute atomic E-state index is 12.5. The Morgan fingerprint density at radius 3 is 2.40 bits per heavy atom. The molecule has 130 valence electrons. The molecule has 1 saturated heterocycles. The number of amides is 1. The van der Waals surface area contributed by atoms with E-state index < -0.39 is 6.10 Å². The van der Waals surface area contributed by atoms with E-state index >= 15 is 0 Å². The van der Waals surface area contributed by atoms with Crippen LogP contribution < -0.4 is 15.0 Å². The van der Waals surface area contributed by atoms with Crippen molar-refractivity contribution in [2.24, 2.45) is 0 Å². The number of hydrogen-bond donors (Lipinski definition) is 1. The van der Waals surface area contributed by atoms with Gasteiger partial charge in [-0.05, 0) is 48.7 Å². The first-order valence-corrected chi connectivity index (χ1v) is 9.20. The minimum absolute atomic E-state index is 0.0845. The van der Waals surface area contributed by atoms with Crippen LogP contribution in [0.15, 0.2) is 48.5 Å². The van der Waals surface area contributed by atoms with Gasteiger partial charge < -0.3 is 15.0 Å². The van der Waals surface area contributed by atoms with Crippen LogP contribution in [0.5, 0.6) is 5.75 Å². The summed E-state index contributed by atoms with van der Waals surface area (Å²) >= 11 is 0. The zero-order valence-electron chi connectivity index (χ0n) is 14.4. The topological polar surface area (TPSA) is 41.6 Å². The summed E-state index contributed by atoms with van der Waals surface area (Å²) < 4.78 is 5.75. The molecule has 0 bridgehead atoms. The predicted molar refractivity (Wildman–Crippen MR) is 100 cm³/mol. The normalized spacial score (nSPS) is 19.7. The minimum atomic E-state index is -0.442. The minimum Gasteiger partial charge on any atom is -0.480 e. The van der Waals surface area contributed by atoms with Gasteiger partial charge in [-0.3, -0.25) is 4.79 Å². The lowest BCUT2D eigenvalue weighted by Gasteiger charge is -2.23. The Bertz CT molecular complexity index is 709. The van der Waals surface area contributed by atoms with Gasteiger partial charge in [-0.1, -0.05) is 31.0 Å². The molecule has 4 rings (SSSR count). The molecule has 0 aromatic heterocycles. The molecule has 2 aliphatic heterocycles. The van der Waals surface area contributed by atoms with Crippen LogP contribution in [0.1, 0.15) is 31.2 Å². The van der Waals surface area contributed by atoms with Gasteiger partial charge in [0.05, 0.1) is 0 Å². The molecular formula is C21H24N2O2. The third kappa shape index (κ3) is 3.63. The van der Waals surface area contributed by atoms with E-state index in [1.54, 1.807) is 0 Å². The summed E-state index contributed by atoms with van der Waals surface area (Å²) in [6.07, 6.45) is 5.37. The van der Waals surface area contributed by atoms with Gasteiger partial charge in [0.25, 0.3) is 5.91 Å². The van der Waals surface area contributed by atoms with E-state index in [0.29, 0.717) is 6.42 Å². The number of nitrogens with one attached hydrogen (secondary N) is 1. The van der Waals surface area contributed by atoms with Crippen LogP contribution in [0.2, 0.25) is 0 Å². The standard InChI is InChI=1S/C21H24N2O2/c24-21(20-15-16-7-3-4-8-19(16)25-20)22-17-9-11-18(12-10-17)23-13-5-1-2-6-14-23/h3-4,7-12,20H,1-2,5-6,13-15H2,(H,22,24)/t20-/m1/s1. The van der Waals surface area contributed by atoms with Crippen LogP contribution in [0.25, 0.3) is 0 Å². The Kier molecular flexibility index (Phi) is 4.59. The maximum Gasteiger partial charge on any atom is 0.265 e. The summed E-state index contributed by atoms with van der Waals surface area (Å²) in [7, 11) is 0. The summed E-state index contributed by atoms with van der Waals surface area (Å²) in [6, 6.07) is 16.0. The molecule has 1 N–H and O–H groups in total. The fourth-order valence-electron chi connectivity index (χ4n) is 3.64. The number of para-hydroxylation sites is 1. The molecule has 2 aromatic carbocycles. The summed E-state index contributed by atoms with van der Waals surface area (Å²) in [4.78, 5) is 14.9. The molecule has 1 fully saturated rings. The van der Waals surface area contributed by atoms with Crippen molar-refractivity contribution in [2.45, 2.75) is 38.2 Å². The van der Waals surface area contributed by atoms with Crippen LogP contribution in [-0.2, 0) is 11.2 Å². The van der Waals surface area contributed by atoms with E-state index in [4.69, 9.17) is 4.74 Å². The summed E-state index contributed by atoms with van der Waals surface area (Å²) in [5, 5.41) is 2.98. The van der Waals surface area contributed by atoms with E-state index in [0.717, 1.165) is 30.1 Å². The van der Waals surface area contributed by atoms with Gasteiger partial charge in [0.15, 0.2) is 6.10 Å². The number of ether oxygens (including phenoxy) is 1. The molecule has 1 atom stereocenters. The first-order valence-electron chi connectivity index (χ1n) is 9.20. The lowest BCUT2D eigenvalue weighted by Crippen LogP contribution is -2.31. The lowest BCUT2D eigenvalue weighted by molar-refractivity contribution is -0.122. The molecule has 2 aliphatic rings. The molecule has 0 unspecified atom stereocenters. The molecule has 4 heteroatoms. The smallest absolute Gasteiger partial charge is 0.265 e. The van der Waals surface area contributed by atoms with Gasteiger partial charge in [-0.2, -0.15) is 0 Å². The number of anilines is 2. The highest BCUT2D eigenvalue weighted by atomic mass is 16.5. The van der Waals surface area contributed by atoms with Crippen LogP contribution >= 0.6 is 0 Å². The van der Waals surface area contributed by atoms with Gasteiger partial charge >= 0.3 is 0 Å². The fourth-order valence-corrected chi connectivity index (χ4v) is 3.64. The number of carbonyl (C=O) groups is 1. The zero-order valence-corrected chi connectivity index (χ0v) is 14.4. The number of rotatable bonds is 3. The Morgan fingerprint density at radius 1 is 0.960 bits per heavy atom. The summed E-state index contributed by atoms with van der Waals surface area (Å²) in [6.45, 7) is 2.25. The number of fused-ring (bicyclic) bond motifs is 1. The number of benzene rings is 2. The third-order valence-electron chi connectivity index (χ3n) is 5.05. The van der Waals surface area contributed by atoms with Gasteiger partial charge in [0.1, 0.15) is 5.75 Å².